The van der Waals surface area contributed by atoms with Crippen molar-refractivity contribution >= 4 is 0 Å². The second-order valence-corrected chi connectivity index (χ2v) is 5.40. The standard InChI is InChI=1S/C16H22FN3/c1-2-20-8-6-13(7-9-20)11-19-12-15-5-3-4-14(10-18)16(15)17/h3-5,13,19H,2,6-9,11-12H2,1H3. The molecule has 1 N–H and O–H groups in total. The predicted molar refractivity (Wildman–Crippen MR) is 77.7 cm³/mol. The average molecular weight is 275 g/mol. The molecule has 0 unspecified atom stereocenters. The average Bonchev–Trinajstić information content (AvgIpc) is 2.49. The molecule has 0 atom stereocenters. The highest BCUT2D eigenvalue weighted by Crippen LogP contribution is 2.16. The van der Waals surface area contributed by atoms with E-state index in [9.17, 15) is 4.39 Å². The molecule has 1 aliphatic heterocycles. The van der Waals surface area contributed by atoms with Gasteiger partial charge in [0.15, 0.2) is 0 Å². The summed E-state index contributed by atoms with van der Waals surface area (Å²) in [4.78, 5) is 2.46. The predicted octanol–water partition coefficient (Wildman–Crippen LogP) is 2.52. The highest BCUT2D eigenvalue weighted by molar-refractivity contribution is 5.34. The summed E-state index contributed by atoms with van der Waals surface area (Å²) in [5.41, 5.74) is 0.704. The highest BCUT2D eigenvalue weighted by Gasteiger charge is 2.17. The summed E-state index contributed by atoms with van der Waals surface area (Å²) in [5.74, 6) is 0.295. The number of nitrogens with zero attached hydrogens (tertiary/aromatic N) is 2. The van der Waals surface area contributed by atoms with Crippen LogP contribution in [0, 0.1) is 23.1 Å². The molecular weight excluding hydrogens is 253 g/mol. The second-order valence-electron chi connectivity index (χ2n) is 5.40. The molecule has 0 aromatic heterocycles. The number of likely N-dealkylation sites (tertiary alicyclic amines) is 1. The molecule has 0 aliphatic carbocycles. The zero-order valence-electron chi connectivity index (χ0n) is 12.0. The minimum atomic E-state index is -0.386. The largest absolute Gasteiger partial charge is 0.312 e. The minimum absolute atomic E-state index is 0.126. The Balaban J connectivity index is 1.78. The van der Waals surface area contributed by atoms with E-state index in [4.69, 9.17) is 5.26 Å². The van der Waals surface area contributed by atoms with E-state index < -0.39 is 0 Å². The van der Waals surface area contributed by atoms with E-state index in [-0.39, 0.29) is 11.4 Å². The number of hydrogen-bond donors (Lipinski definition) is 1. The molecule has 1 aromatic rings. The van der Waals surface area contributed by atoms with Gasteiger partial charge in [-0.15, -0.1) is 0 Å². The van der Waals surface area contributed by atoms with Crippen LogP contribution in [0.3, 0.4) is 0 Å². The molecular formula is C16H22FN3. The lowest BCUT2D eigenvalue weighted by molar-refractivity contribution is 0.190. The lowest BCUT2D eigenvalue weighted by Crippen LogP contribution is -2.37. The maximum absolute atomic E-state index is 13.9. The lowest BCUT2D eigenvalue weighted by Gasteiger charge is -2.31. The van der Waals surface area contributed by atoms with Crippen LogP contribution in [-0.4, -0.2) is 31.1 Å². The van der Waals surface area contributed by atoms with Crippen LogP contribution in [0.2, 0.25) is 0 Å². The minimum Gasteiger partial charge on any atom is -0.312 e. The van der Waals surface area contributed by atoms with E-state index in [0.717, 1.165) is 13.1 Å². The van der Waals surface area contributed by atoms with Crippen LogP contribution >= 0.6 is 0 Å². The van der Waals surface area contributed by atoms with Gasteiger partial charge in [0.1, 0.15) is 11.9 Å². The SMILES string of the molecule is CCN1CCC(CNCc2cccc(C#N)c2F)CC1. The summed E-state index contributed by atoms with van der Waals surface area (Å²) >= 11 is 0. The van der Waals surface area contributed by atoms with Gasteiger partial charge in [-0.1, -0.05) is 19.1 Å². The fraction of sp³-hybridized carbons (Fsp3) is 0.562. The molecule has 0 amide bonds. The fourth-order valence-electron chi connectivity index (χ4n) is 2.72. The third-order valence-electron chi connectivity index (χ3n) is 4.10. The maximum atomic E-state index is 13.9. The second kappa shape index (κ2) is 7.37. The molecule has 1 saturated heterocycles. The van der Waals surface area contributed by atoms with Crippen molar-refractivity contribution < 1.29 is 4.39 Å². The van der Waals surface area contributed by atoms with Crippen LogP contribution in [0.5, 0.6) is 0 Å². The van der Waals surface area contributed by atoms with Gasteiger partial charge in [0, 0.05) is 12.1 Å². The number of nitrogens with one attached hydrogen (secondary N) is 1. The number of halogens is 1. The van der Waals surface area contributed by atoms with Crippen LogP contribution in [0.25, 0.3) is 0 Å². The highest BCUT2D eigenvalue weighted by atomic mass is 19.1. The number of hydrogen-bond acceptors (Lipinski definition) is 3. The van der Waals surface area contributed by atoms with Crippen molar-refractivity contribution in [2.24, 2.45) is 5.92 Å². The van der Waals surface area contributed by atoms with E-state index in [0.29, 0.717) is 18.0 Å². The first-order valence-electron chi connectivity index (χ1n) is 7.35. The smallest absolute Gasteiger partial charge is 0.145 e. The first-order chi connectivity index (χ1) is 9.74. The molecule has 0 spiro atoms. The Morgan fingerprint density at radius 2 is 2.15 bits per heavy atom. The van der Waals surface area contributed by atoms with Crippen molar-refractivity contribution in [1.82, 2.24) is 10.2 Å². The third kappa shape index (κ3) is 3.78. The Morgan fingerprint density at radius 3 is 2.80 bits per heavy atom. The first-order valence-corrected chi connectivity index (χ1v) is 7.35. The first kappa shape index (κ1) is 15.0. The van der Waals surface area contributed by atoms with E-state index >= 15 is 0 Å². The molecule has 20 heavy (non-hydrogen) atoms. The third-order valence-corrected chi connectivity index (χ3v) is 4.10. The summed E-state index contributed by atoms with van der Waals surface area (Å²) < 4.78 is 13.9. The van der Waals surface area contributed by atoms with E-state index in [1.807, 2.05) is 6.07 Å². The molecule has 1 heterocycles. The summed E-state index contributed by atoms with van der Waals surface area (Å²) in [7, 11) is 0. The Kier molecular flexibility index (Phi) is 5.51. The zero-order valence-corrected chi connectivity index (χ0v) is 12.0. The molecule has 0 radical (unpaired) electrons. The van der Waals surface area contributed by atoms with Crippen molar-refractivity contribution in [3.05, 3.63) is 35.1 Å². The van der Waals surface area contributed by atoms with Gasteiger partial charge in [-0.2, -0.15) is 5.26 Å². The Bertz CT molecular complexity index is 473. The van der Waals surface area contributed by atoms with Gasteiger partial charge in [0.2, 0.25) is 0 Å². The molecule has 0 saturated carbocycles. The molecule has 1 aromatic carbocycles. The van der Waals surface area contributed by atoms with E-state index in [1.54, 1.807) is 12.1 Å². The molecule has 3 nitrogen and oxygen atoms in total. The molecule has 1 aliphatic rings. The van der Waals surface area contributed by atoms with Gasteiger partial charge >= 0.3 is 0 Å². The number of nitriles is 1. The Hall–Kier alpha value is -1.44. The number of rotatable bonds is 5. The Labute approximate surface area is 120 Å². The maximum Gasteiger partial charge on any atom is 0.145 e. The lowest BCUT2D eigenvalue weighted by atomic mass is 9.97. The van der Waals surface area contributed by atoms with Crippen LogP contribution in [0.4, 0.5) is 4.39 Å². The molecule has 2 rings (SSSR count). The van der Waals surface area contributed by atoms with Gasteiger partial charge in [-0.3, -0.25) is 0 Å². The van der Waals surface area contributed by atoms with Gasteiger partial charge in [0.25, 0.3) is 0 Å². The number of benzene rings is 1. The zero-order chi connectivity index (χ0) is 14.4. The van der Waals surface area contributed by atoms with E-state index in [1.165, 1.54) is 32.0 Å². The van der Waals surface area contributed by atoms with Gasteiger partial charge in [-0.05, 0) is 51.0 Å². The van der Waals surface area contributed by atoms with E-state index in [2.05, 4.69) is 17.1 Å². The summed E-state index contributed by atoms with van der Waals surface area (Å²) in [5, 5.41) is 12.1. The summed E-state index contributed by atoms with van der Waals surface area (Å²) in [6, 6.07) is 6.87. The quantitative estimate of drug-likeness (QED) is 0.897. The van der Waals surface area contributed by atoms with Gasteiger partial charge in [0.05, 0.1) is 5.56 Å². The van der Waals surface area contributed by atoms with Crippen molar-refractivity contribution in [3.63, 3.8) is 0 Å². The Morgan fingerprint density at radius 1 is 1.40 bits per heavy atom. The molecule has 108 valence electrons. The van der Waals surface area contributed by atoms with Crippen LogP contribution in [0.15, 0.2) is 18.2 Å². The van der Waals surface area contributed by atoms with Gasteiger partial charge in [-0.25, -0.2) is 4.39 Å². The van der Waals surface area contributed by atoms with Crippen molar-refractivity contribution in [1.29, 1.82) is 5.26 Å². The number of piperidine rings is 1. The van der Waals surface area contributed by atoms with Crippen molar-refractivity contribution in [2.45, 2.75) is 26.3 Å². The van der Waals surface area contributed by atoms with Crippen LogP contribution in [0.1, 0.15) is 30.9 Å². The fourth-order valence-corrected chi connectivity index (χ4v) is 2.72. The van der Waals surface area contributed by atoms with Crippen LogP contribution in [-0.2, 0) is 6.54 Å². The van der Waals surface area contributed by atoms with Crippen LogP contribution < -0.4 is 5.32 Å². The molecule has 0 bridgehead atoms. The van der Waals surface area contributed by atoms with Crippen molar-refractivity contribution in [3.8, 4) is 6.07 Å². The molecule has 4 heteroatoms. The monoisotopic (exact) mass is 275 g/mol. The van der Waals surface area contributed by atoms with Gasteiger partial charge < -0.3 is 10.2 Å². The van der Waals surface area contributed by atoms with Crippen molar-refractivity contribution in [2.75, 3.05) is 26.2 Å². The summed E-state index contributed by atoms with van der Waals surface area (Å²) in [6.07, 6.45) is 2.42. The summed E-state index contributed by atoms with van der Waals surface area (Å²) in [6.45, 7) is 7.08. The molecule has 1 fully saturated rings. The normalized spacial score (nSPS) is 17.1. The topological polar surface area (TPSA) is 39.1 Å².